The quantitative estimate of drug-likeness (QED) is 0.872. The third-order valence-corrected chi connectivity index (χ3v) is 2.43. The van der Waals surface area contributed by atoms with Crippen molar-refractivity contribution >= 4 is 21.8 Å². The molecule has 0 spiro atoms. The highest BCUT2D eigenvalue weighted by molar-refractivity contribution is 9.10. The summed E-state index contributed by atoms with van der Waals surface area (Å²) in [7, 11) is 0. The second-order valence-electron chi connectivity index (χ2n) is 3.39. The first-order valence-corrected chi connectivity index (χ1v) is 5.65. The zero-order chi connectivity index (χ0) is 11.4. The van der Waals surface area contributed by atoms with Gasteiger partial charge >= 0.3 is 0 Å². The second-order valence-corrected chi connectivity index (χ2v) is 4.30. The summed E-state index contributed by atoms with van der Waals surface area (Å²) in [4.78, 5) is 11.7. The third-order valence-electron chi connectivity index (χ3n) is 1.99. The Balaban J connectivity index is 2.72. The molecule has 84 valence electrons. The fraction of sp³-hybridized carbons (Fsp3) is 0.500. The number of aryl methyl sites for hydroxylation is 1. The highest BCUT2D eigenvalue weighted by Gasteiger charge is 2.12. The van der Waals surface area contributed by atoms with Crippen LogP contribution in [0.5, 0.6) is 0 Å². The second kappa shape index (κ2) is 5.32. The Hall–Kier alpha value is -0.810. The first-order chi connectivity index (χ1) is 7.04. The number of aliphatic hydroxyl groups excluding tert-OH is 1. The molecule has 1 rings (SSSR count). The topological polar surface area (TPSA) is 54.3 Å². The predicted octanol–water partition coefficient (Wildman–Crippen LogP) is 1.38. The number of aromatic nitrogens is 1. The molecule has 1 aromatic heterocycles. The van der Waals surface area contributed by atoms with Crippen LogP contribution in [0, 0.1) is 0 Å². The SMILES string of the molecule is CCn1cc(Br)cc1C(=O)NC[C@H](C)O. The lowest BCUT2D eigenvalue weighted by Crippen LogP contribution is -2.31. The molecule has 1 heterocycles. The highest BCUT2D eigenvalue weighted by Crippen LogP contribution is 2.14. The summed E-state index contributed by atoms with van der Waals surface area (Å²) in [5.41, 5.74) is 0.602. The summed E-state index contributed by atoms with van der Waals surface area (Å²) in [5, 5.41) is 11.7. The Morgan fingerprint density at radius 1 is 1.73 bits per heavy atom. The summed E-state index contributed by atoms with van der Waals surface area (Å²) in [6.07, 6.45) is 1.33. The molecule has 0 fully saturated rings. The summed E-state index contributed by atoms with van der Waals surface area (Å²) in [6, 6.07) is 1.76. The number of hydrogen-bond donors (Lipinski definition) is 2. The maximum absolute atomic E-state index is 11.7. The number of carbonyl (C=O) groups is 1. The molecule has 15 heavy (non-hydrogen) atoms. The molecule has 5 heteroatoms. The molecule has 0 saturated heterocycles. The number of rotatable bonds is 4. The van der Waals surface area contributed by atoms with Gasteiger partial charge in [0, 0.05) is 23.8 Å². The predicted molar refractivity (Wildman–Crippen MR) is 61.8 cm³/mol. The van der Waals surface area contributed by atoms with Crippen LogP contribution >= 0.6 is 15.9 Å². The fourth-order valence-electron chi connectivity index (χ4n) is 1.26. The molecule has 0 aliphatic rings. The van der Waals surface area contributed by atoms with Gasteiger partial charge in [-0.25, -0.2) is 0 Å². The Kier molecular flexibility index (Phi) is 4.35. The van der Waals surface area contributed by atoms with Crippen molar-refractivity contribution in [2.24, 2.45) is 0 Å². The van der Waals surface area contributed by atoms with E-state index in [1.54, 1.807) is 13.0 Å². The van der Waals surface area contributed by atoms with Crippen LogP contribution in [0.25, 0.3) is 0 Å². The van der Waals surface area contributed by atoms with Gasteiger partial charge in [0.15, 0.2) is 0 Å². The van der Waals surface area contributed by atoms with E-state index in [1.165, 1.54) is 0 Å². The van der Waals surface area contributed by atoms with Crippen LogP contribution in [0.15, 0.2) is 16.7 Å². The smallest absolute Gasteiger partial charge is 0.268 e. The van der Waals surface area contributed by atoms with E-state index in [1.807, 2.05) is 17.7 Å². The van der Waals surface area contributed by atoms with Crippen LogP contribution in [0.3, 0.4) is 0 Å². The minimum atomic E-state index is -0.526. The minimum absolute atomic E-state index is 0.163. The fourth-order valence-corrected chi connectivity index (χ4v) is 1.72. The van der Waals surface area contributed by atoms with Crippen molar-refractivity contribution in [2.45, 2.75) is 26.5 Å². The number of nitrogens with zero attached hydrogens (tertiary/aromatic N) is 1. The maximum Gasteiger partial charge on any atom is 0.268 e. The molecule has 0 bridgehead atoms. The molecule has 1 amide bonds. The largest absolute Gasteiger partial charge is 0.392 e. The zero-order valence-corrected chi connectivity index (χ0v) is 10.4. The van der Waals surface area contributed by atoms with Crippen LogP contribution < -0.4 is 5.32 Å². The van der Waals surface area contributed by atoms with Gasteiger partial charge in [-0.3, -0.25) is 4.79 Å². The summed E-state index contributed by atoms with van der Waals surface area (Å²) in [6.45, 7) is 4.61. The normalized spacial score (nSPS) is 12.5. The van der Waals surface area contributed by atoms with Crippen LogP contribution in [-0.2, 0) is 6.54 Å². The molecule has 0 radical (unpaired) electrons. The number of amides is 1. The van der Waals surface area contributed by atoms with E-state index >= 15 is 0 Å². The Morgan fingerprint density at radius 3 is 2.93 bits per heavy atom. The molecule has 0 aliphatic carbocycles. The van der Waals surface area contributed by atoms with Crippen LogP contribution in [-0.4, -0.2) is 28.2 Å². The molecule has 0 saturated carbocycles. The van der Waals surface area contributed by atoms with E-state index in [-0.39, 0.29) is 12.5 Å². The van der Waals surface area contributed by atoms with Crippen LogP contribution in [0.1, 0.15) is 24.3 Å². The van der Waals surface area contributed by atoms with Gasteiger partial charge in [-0.1, -0.05) is 0 Å². The molecule has 1 aromatic rings. The van der Waals surface area contributed by atoms with Crippen LogP contribution in [0.2, 0.25) is 0 Å². The monoisotopic (exact) mass is 274 g/mol. The Morgan fingerprint density at radius 2 is 2.40 bits per heavy atom. The maximum atomic E-state index is 11.7. The highest BCUT2D eigenvalue weighted by atomic mass is 79.9. The molecule has 0 aliphatic heterocycles. The van der Waals surface area contributed by atoms with E-state index in [0.717, 1.165) is 11.0 Å². The molecule has 2 N–H and O–H groups in total. The molecule has 1 atom stereocenters. The van der Waals surface area contributed by atoms with Gasteiger partial charge in [-0.15, -0.1) is 0 Å². The average Bonchev–Trinajstić information content (AvgIpc) is 2.56. The van der Waals surface area contributed by atoms with Crippen LogP contribution in [0.4, 0.5) is 0 Å². The van der Waals surface area contributed by atoms with Crippen molar-refractivity contribution in [3.05, 3.63) is 22.4 Å². The van der Waals surface area contributed by atoms with Gasteiger partial charge in [0.2, 0.25) is 0 Å². The van der Waals surface area contributed by atoms with Gasteiger partial charge in [0.05, 0.1) is 6.10 Å². The van der Waals surface area contributed by atoms with Crippen molar-refractivity contribution < 1.29 is 9.90 Å². The lowest BCUT2D eigenvalue weighted by atomic mass is 10.3. The number of hydrogen-bond acceptors (Lipinski definition) is 2. The Labute approximate surface area is 97.4 Å². The number of carbonyl (C=O) groups excluding carboxylic acids is 1. The van der Waals surface area contributed by atoms with E-state index in [4.69, 9.17) is 5.11 Å². The molecular weight excluding hydrogens is 260 g/mol. The van der Waals surface area contributed by atoms with E-state index in [9.17, 15) is 4.79 Å². The number of aliphatic hydroxyl groups is 1. The van der Waals surface area contributed by atoms with E-state index in [2.05, 4.69) is 21.2 Å². The first-order valence-electron chi connectivity index (χ1n) is 4.86. The molecule has 0 unspecified atom stereocenters. The van der Waals surface area contributed by atoms with Gasteiger partial charge in [-0.2, -0.15) is 0 Å². The lowest BCUT2D eigenvalue weighted by molar-refractivity contribution is 0.0915. The number of nitrogens with one attached hydrogen (secondary N) is 1. The Bertz CT molecular complexity index is 347. The average molecular weight is 275 g/mol. The molecular formula is C10H15BrN2O2. The third kappa shape index (κ3) is 3.35. The zero-order valence-electron chi connectivity index (χ0n) is 8.83. The van der Waals surface area contributed by atoms with E-state index in [0.29, 0.717) is 5.69 Å². The van der Waals surface area contributed by atoms with Gasteiger partial charge in [0.25, 0.3) is 5.91 Å². The van der Waals surface area contributed by atoms with Crippen molar-refractivity contribution in [1.82, 2.24) is 9.88 Å². The summed E-state index contributed by atoms with van der Waals surface area (Å²) >= 11 is 3.32. The van der Waals surface area contributed by atoms with E-state index < -0.39 is 6.10 Å². The summed E-state index contributed by atoms with van der Waals surface area (Å²) in [5.74, 6) is -0.163. The van der Waals surface area contributed by atoms with Crippen molar-refractivity contribution in [3.63, 3.8) is 0 Å². The van der Waals surface area contributed by atoms with Crippen molar-refractivity contribution in [3.8, 4) is 0 Å². The lowest BCUT2D eigenvalue weighted by Gasteiger charge is -2.08. The first kappa shape index (κ1) is 12.3. The summed E-state index contributed by atoms with van der Waals surface area (Å²) < 4.78 is 2.73. The standard InChI is InChI=1S/C10H15BrN2O2/c1-3-13-6-8(11)4-9(13)10(15)12-5-7(2)14/h4,6-7,14H,3,5H2,1-2H3,(H,12,15)/t7-/m0/s1. The van der Waals surface area contributed by atoms with Crippen molar-refractivity contribution in [1.29, 1.82) is 0 Å². The van der Waals surface area contributed by atoms with Gasteiger partial charge in [0.1, 0.15) is 5.69 Å². The molecule has 4 nitrogen and oxygen atoms in total. The van der Waals surface area contributed by atoms with Gasteiger partial charge in [-0.05, 0) is 35.8 Å². The number of halogens is 1. The molecule has 0 aromatic carbocycles. The minimum Gasteiger partial charge on any atom is -0.392 e. The van der Waals surface area contributed by atoms with Gasteiger partial charge < -0.3 is 15.0 Å². The van der Waals surface area contributed by atoms with Crippen molar-refractivity contribution in [2.75, 3.05) is 6.54 Å².